The van der Waals surface area contributed by atoms with Gasteiger partial charge >= 0.3 is 0 Å². The summed E-state index contributed by atoms with van der Waals surface area (Å²) in [7, 11) is 0. The van der Waals surface area contributed by atoms with E-state index in [4.69, 9.17) is 4.42 Å². The minimum absolute atomic E-state index is 0.0486. The van der Waals surface area contributed by atoms with Crippen LogP contribution in [0.2, 0.25) is 0 Å². The second-order valence-electron chi connectivity index (χ2n) is 13.8. The molecule has 1 heterocycles. The monoisotopic (exact) mass is 627 g/mol. The number of fused-ring (bicyclic) bond motifs is 9. The van der Waals surface area contributed by atoms with Crippen LogP contribution >= 0.6 is 0 Å². The molecule has 0 aliphatic heterocycles. The second-order valence-corrected chi connectivity index (χ2v) is 13.8. The summed E-state index contributed by atoms with van der Waals surface area (Å²) in [5.74, 6) is 0. The van der Waals surface area contributed by atoms with Crippen molar-refractivity contribution in [1.82, 2.24) is 0 Å². The smallest absolute Gasteiger partial charge is 0.136 e. The predicted octanol–water partition coefficient (Wildman–Crippen LogP) is 13.3. The second kappa shape index (κ2) is 10.4. The van der Waals surface area contributed by atoms with Crippen LogP contribution in [0.25, 0.3) is 65.7 Å². The molecule has 8 aromatic carbocycles. The lowest BCUT2D eigenvalue weighted by atomic mass is 9.82. The van der Waals surface area contributed by atoms with Crippen LogP contribution in [0.3, 0.4) is 0 Å². The molecule has 0 N–H and O–H groups in total. The van der Waals surface area contributed by atoms with E-state index in [0.29, 0.717) is 0 Å². The maximum absolute atomic E-state index is 6.24. The van der Waals surface area contributed by atoms with Gasteiger partial charge in [0.05, 0.1) is 0 Å². The molecule has 0 bridgehead atoms. The molecule has 0 atom stereocenters. The van der Waals surface area contributed by atoms with Crippen molar-refractivity contribution < 1.29 is 4.42 Å². The molecule has 0 saturated heterocycles. The molecule has 232 valence electrons. The van der Waals surface area contributed by atoms with Crippen molar-refractivity contribution >= 4 is 60.5 Å². The third-order valence-electron chi connectivity index (χ3n) is 10.6. The number of para-hydroxylation sites is 1. The molecule has 0 saturated carbocycles. The zero-order chi connectivity index (χ0) is 32.7. The Morgan fingerprint density at radius 1 is 0.429 bits per heavy atom. The topological polar surface area (TPSA) is 16.4 Å². The number of hydrogen-bond donors (Lipinski definition) is 0. The molecule has 0 amide bonds. The van der Waals surface area contributed by atoms with Gasteiger partial charge in [-0.05, 0) is 110 Å². The van der Waals surface area contributed by atoms with Crippen molar-refractivity contribution in [1.29, 1.82) is 0 Å². The SMILES string of the molecule is CC1(C)c2ccccc2-c2cc(N(c3cccc(-c4ccc5ccccc5c4)c3)c3ccc4c(ccc5oc6ccccc6c54)c3)ccc21. The van der Waals surface area contributed by atoms with E-state index in [0.717, 1.165) is 33.6 Å². The van der Waals surface area contributed by atoms with Crippen molar-refractivity contribution in [2.45, 2.75) is 19.3 Å². The molecule has 0 spiro atoms. The quantitative estimate of drug-likeness (QED) is 0.193. The van der Waals surface area contributed by atoms with E-state index < -0.39 is 0 Å². The predicted molar refractivity (Wildman–Crippen MR) is 206 cm³/mol. The van der Waals surface area contributed by atoms with Gasteiger partial charge in [0.15, 0.2) is 0 Å². The minimum atomic E-state index is -0.0486. The van der Waals surface area contributed by atoms with Crippen LogP contribution in [0.15, 0.2) is 168 Å². The zero-order valence-corrected chi connectivity index (χ0v) is 27.4. The first kappa shape index (κ1) is 27.9. The molecule has 9 aromatic rings. The van der Waals surface area contributed by atoms with Gasteiger partial charge in [-0.3, -0.25) is 0 Å². The zero-order valence-electron chi connectivity index (χ0n) is 27.4. The number of rotatable bonds is 4. The van der Waals surface area contributed by atoms with Gasteiger partial charge < -0.3 is 9.32 Å². The molecule has 0 fully saturated rings. The molecule has 49 heavy (non-hydrogen) atoms. The van der Waals surface area contributed by atoms with Crippen LogP contribution in [0.4, 0.5) is 17.1 Å². The first-order chi connectivity index (χ1) is 24.0. The van der Waals surface area contributed by atoms with E-state index >= 15 is 0 Å². The number of anilines is 3. The highest BCUT2D eigenvalue weighted by Gasteiger charge is 2.35. The molecule has 1 aliphatic rings. The summed E-state index contributed by atoms with van der Waals surface area (Å²) in [5.41, 5.74) is 12.9. The largest absolute Gasteiger partial charge is 0.456 e. The van der Waals surface area contributed by atoms with Crippen LogP contribution < -0.4 is 4.90 Å². The Morgan fingerprint density at radius 2 is 1.14 bits per heavy atom. The maximum atomic E-state index is 6.24. The first-order valence-electron chi connectivity index (χ1n) is 17.0. The van der Waals surface area contributed by atoms with Crippen molar-refractivity contribution in [3.63, 3.8) is 0 Å². The van der Waals surface area contributed by atoms with Gasteiger partial charge in [0.2, 0.25) is 0 Å². The first-order valence-corrected chi connectivity index (χ1v) is 17.0. The van der Waals surface area contributed by atoms with Gasteiger partial charge in [-0.2, -0.15) is 0 Å². The highest BCUT2D eigenvalue weighted by Crippen LogP contribution is 2.51. The van der Waals surface area contributed by atoms with E-state index in [1.807, 2.05) is 12.1 Å². The van der Waals surface area contributed by atoms with E-state index in [1.54, 1.807) is 0 Å². The molecule has 1 aromatic heterocycles. The average molecular weight is 628 g/mol. The molecule has 2 nitrogen and oxygen atoms in total. The molecule has 2 heteroatoms. The van der Waals surface area contributed by atoms with Gasteiger partial charge in [0.1, 0.15) is 11.2 Å². The van der Waals surface area contributed by atoms with Crippen LogP contribution in [-0.4, -0.2) is 0 Å². The van der Waals surface area contributed by atoms with E-state index in [-0.39, 0.29) is 5.41 Å². The molecular weight excluding hydrogens is 595 g/mol. The Labute approximate surface area is 285 Å². The Kier molecular flexibility index (Phi) is 5.95. The van der Waals surface area contributed by atoms with Gasteiger partial charge in [-0.15, -0.1) is 0 Å². The van der Waals surface area contributed by atoms with Crippen molar-refractivity contribution in [2.24, 2.45) is 0 Å². The third kappa shape index (κ3) is 4.27. The molecule has 0 radical (unpaired) electrons. The van der Waals surface area contributed by atoms with Crippen LogP contribution in [0, 0.1) is 0 Å². The summed E-state index contributed by atoms with van der Waals surface area (Å²) >= 11 is 0. The fourth-order valence-electron chi connectivity index (χ4n) is 8.17. The summed E-state index contributed by atoms with van der Waals surface area (Å²) in [6, 6.07) is 59.6. The number of hydrogen-bond acceptors (Lipinski definition) is 2. The summed E-state index contributed by atoms with van der Waals surface area (Å²) in [5, 5.41) is 7.19. The van der Waals surface area contributed by atoms with Crippen LogP contribution in [0.5, 0.6) is 0 Å². The van der Waals surface area contributed by atoms with Crippen LogP contribution in [0.1, 0.15) is 25.0 Å². The van der Waals surface area contributed by atoms with Gasteiger partial charge in [0, 0.05) is 33.2 Å². The minimum Gasteiger partial charge on any atom is -0.456 e. The molecule has 1 aliphatic carbocycles. The lowest BCUT2D eigenvalue weighted by Gasteiger charge is -2.28. The number of nitrogens with zero attached hydrogens (tertiary/aromatic N) is 1. The number of benzene rings is 8. The molecular formula is C47H33NO. The molecule has 10 rings (SSSR count). The number of furan rings is 1. The van der Waals surface area contributed by atoms with Crippen molar-refractivity contribution in [3.05, 3.63) is 175 Å². The third-order valence-corrected chi connectivity index (χ3v) is 10.6. The Hall–Kier alpha value is -6.12. The maximum Gasteiger partial charge on any atom is 0.136 e. The normalized spacial score (nSPS) is 13.3. The summed E-state index contributed by atoms with van der Waals surface area (Å²) in [4.78, 5) is 2.41. The van der Waals surface area contributed by atoms with Crippen molar-refractivity contribution in [3.8, 4) is 22.3 Å². The standard InChI is InChI=1S/C47H33NO/c1-47(2)42-16-7-5-14-39(42)41-29-37(22-24-43(41)47)48(35-13-9-12-32(27-35)33-19-18-30-10-3-4-11-31(30)26-33)36-21-23-38-34(28-36)20-25-45-46(38)40-15-6-8-17-44(40)49-45/h3-29H,1-2H3. The van der Waals surface area contributed by atoms with E-state index in [2.05, 4.69) is 170 Å². The highest BCUT2D eigenvalue weighted by atomic mass is 16.3. The van der Waals surface area contributed by atoms with Gasteiger partial charge in [-0.25, -0.2) is 0 Å². The lowest BCUT2D eigenvalue weighted by molar-refractivity contribution is 0.660. The summed E-state index contributed by atoms with van der Waals surface area (Å²) < 4.78 is 6.24. The fourth-order valence-corrected chi connectivity index (χ4v) is 8.17. The average Bonchev–Trinajstić information content (AvgIpc) is 3.64. The van der Waals surface area contributed by atoms with Crippen LogP contribution in [-0.2, 0) is 5.41 Å². The Balaban J connectivity index is 1.18. The van der Waals surface area contributed by atoms with Gasteiger partial charge in [-0.1, -0.05) is 123 Å². The van der Waals surface area contributed by atoms with E-state index in [1.165, 1.54) is 60.3 Å². The fraction of sp³-hybridized carbons (Fsp3) is 0.0638. The van der Waals surface area contributed by atoms with Gasteiger partial charge in [0.25, 0.3) is 0 Å². The summed E-state index contributed by atoms with van der Waals surface area (Å²) in [6.07, 6.45) is 0. The Morgan fingerprint density at radius 3 is 2.08 bits per heavy atom. The van der Waals surface area contributed by atoms with Crippen molar-refractivity contribution in [2.75, 3.05) is 4.90 Å². The lowest BCUT2D eigenvalue weighted by Crippen LogP contribution is -2.15. The molecule has 0 unspecified atom stereocenters. The Bertz CT molecular complexity index is 2770. The highest BCUT2D eigenvalue weighted by molar-refractivity contribution is 6.19. The summed E-state index contributed by atoms with van der Waals surface area (Å²) in [6.45, 7) is 4.68. The van der Waals surface area contributed by atoms with E-state index in [9.17, 15) is 0 Å².